The van der Waals surface area contributed by atoms with E-state index in [1.165, 1.54) is 4.68 Å². The molecule has 2 aromatic carbocycles. The second-order valence-corrected chi connectivity index (χ2v) is 7.52. The summed E-state index contributed by atoms with van der Waals surface area (Å²) in [4.78, 5) is 37.8. The van der Waals surface area contributed by atoms with Gasteiger partial charge in [-0.15, -0.1) is 0 Å². The zero-order valence-electron chi connectivity index (χ0n) is 17.4. The van der Waals surface area contributed by atoms with E-state index in [-0.39, 0.29) is 29.6 Å². The van der Waals surface area contributed by atoms with Gasteiger partial charge in [-0.05, 0) is 30.0 Å². The van der Waals surface area contributed by atoms with Gasteiger partial charge in [0.2, 0.25) is 5.91 Å². The molecule has 0 fully saturated rings. The lowest BCUT2D eigenvalue weighted by Gasteiger charge is -2.13. The van der Waals surface area contributed by atoms with Crippen LogP contribution in [-0.4, -0.2) is 28.1 Å². The summed E-state index contributed by atoms with van der Waals surface area (Å²) in [5.74, 6) is -0.636. The Morgan fingerprint density at radius 1 is 1.03 bits per heavy atom. The van der Waals surface area contributed by atoms with Gasteiger partial charge in [-0.25, -0.2) is 4.68 Å². The minimum atomic E-state index is -0.498. The third kappa shape index (κ3) is 4.74. The maximum absolute atomic E-state index is 12.8. The van der Waals surface area contributed by atoms with Gasteiger partial charge in [0.25, 0.3) is 11.5 Å². The Kier molecular flexibility index (Phi) is 6.61. The summed E-state index contributed by atoms with van der Waals surface area (Å²) < 4.78 is 1.32. The highest BCUT2D eigenvalue weighted by Crippen LogP contribution is 2.16. The van der Waals surface area contributed by atoms with Gasteiger partial charge >= 0.3 is 0 Å². The fourth-order valence-electron chi connectivity index (χ4n) is 3.26. The van der Waals surface area contributed by atoms with Gasteiger partial charge in [0, 0.05) is 17.6 Å². The van der Waals surface area contributed by atoms with E-state index in [9.17, 15) is 14.4 Å². The summed E-state index contributed by atoms with van der Waals surface area (Å²) in [5, 5.41) is 10.6. The van der Waals surface area contributed by atoms with Crippen molar-refractivity contribution in [2.75, 3.05) is 11.9 Å². The van der Waals surface area contributed by atoms with Gasteiger partial charge in [-0.2, -0.15) is 5.10 Å². The SMILES string of the molecule is CCc1ccccc1NC(=O)CNC(=O)c1nn(CC(C)C)c(=O)c2ccccc12. The first kappa shape index (κ1) is 21.2. The molecule has 0 aliphatic carbocycles. The maximum atomic E-state index is 12.8. The van der Waals surface area contributed by atoms with Crippen molar-refractivity contribution in [3.8, 4) is 0 Å². The first-order valence-corrected chi connectivity index (χ1v) is 10.1. The summed E-state index contributed by atoms with van der Waals surface area (Å²) in [5.41, 5.74) is 1.65. The van der Waals surface area contributed by atoms with E-state index >= 15 is 0 Å². The van der Waals surface area contributed by atoms with E-state index < -0.39 is 5.91 Å². The van der Waals surface area contributed by atoms with Crippen molar-refractivity contribution < 1.29 is 9.59 Å². The predicted molar refractivity (Wildman–Crippen MR) is 118 cm³/mol. The van der Waals surface area contributed by atoms with Crippen LogP contribution < -0.4 is 16.2 Å². The Morgan fingerprint density at radius 2 is 1.70 bits per heavy atom. The molecule has 7 heteroatoms. The van der Waals surface area contributed by atoms with E-state index in [0.717, 1.165) is 17.7 Å². The topological polar surface area (TPSA) is 93.1 Å². The number of nitrogens with one attached hydrogen (secondary N) is 2. The number of aromatic nitrogens is 2. The Labute approximate surface area is 175 Å². The monoisotopic (exact) mass is 406 g/mol. The lowest BCUT2D eigenvalue weighted by Crippen LogP contribution is -2.35. The molecule has 1 aromatic heterocycles. The molecule has 0 aliphatic rings. The van der Waals surface area contributed by atoms with E-state index in [1.54, 1.807) is 24.3 Å². The molecule has 0 aliphatic heterocycles. The number of hydrogen-bond acceptors (Lipinski definition) is 4. The van der Waals surface area contributed by atoms with Gasteiger partial charge in [0.1, 0.15) is 0 Å². The van der Waals surface area contributed by atoms with Crippen LogP contribution in [0.4, 0.5) is 5.69 Å². The maximum Gasteiger partial charge on any atom is 0.274 e. The Bertz CT molecular complexity index is 1130. The molecular weight excluding hydrogens is 380 g/mol. The number of benzene rings is 2. The number of nitrogens with zero attached hydrogens (tertiary/aromatic N) is 2. The fourth-order valence-corrected chi connectivity index (χ4v) is 3.26. The molecule has 7 nitrogen and oxygen atoms in total. The molecule has 3 rings (SSSR count). The zero-order chi connectivity index (χ0) is 21.7. The molecule has 30 heavy (non-hydrogen) atoms. The van der Waals surface area contributed by atoms with Crippen LogP contribution >= 0.6 is 0 Å². The van der Waals surface area contributed by atoms with E-state index in [4.69, 9.17) is 0 Å². The number of carbonyl (C=O) groups excluding carboxylic acids is 2. The van der Waals surface area contributed by atoms with Crippen molar-refractivity contribution >= 4 is 28.3 Å². The quantitative estimate of drug-likeness (QED) is 0.631. The van der Waals surface area contributed by atoms with Crippen LogP contribution in [0, 0.1) is 5.92 Å². The largest absolute Gasteiger partial charge is 0.342 e. The summed E-state index contributed by atoms with van der Waals surface area (Å²) >= 11 is 0. The number of para-hydroxylation sites is 1. The third-order valence-electron chi connectivity index (χ3n) is 4.70. The van der Waals surface area contributed by atoms with E-state index in [1.807, 2.05) is 45.0 Å². The van der Waals surface area contributed by atoms with Gasteiger partial charge in [-0.3, -0.25) is 14.4 Å². The highest BCUT2D eigenvalue weighted by molar-refractivity contribution is 6.06. The van der Waals surface area contributed by atoms with Crippen LogP contribution in [0.3, 0.4) is 0 Å². The zero-order valence-corrected chi connectivity index (χ0v) is 17.4. The average Bonchev–Trinajstić information content (AvgIpc) is 2.74. The fraction of sp³-hybridized carbons (Fsp3) is 0.304. The lowest BCUT2D eigenvalue weighted by molar-refractivity contribution is -0.115. The third-order valence-corrected chi connectivity index (χ3v) is 4.70. The molecule has 156 valence electrons. The van der Waals surface area contributed by atoms with Crippen molar-refractivity contribution in [2.24, 2.45) is 5.92 Å². The molecule has 0 bridgehead atoms. The smallest absolute Gasteiger partial charge is 0.274 e. The number of rotatable bonds is 7. The van der Waals surface area contributed by atoms with E-state index in [2.05, 4.69) is 15.7 Å². The van der Waals surface area contributed by atoms with Crippen LogP contribution in [0.15, 0.2) is 53.3 Å². The summed E-state index contributed by atoms with van der Waals surface area (Å²) in [6.45, 7) is 6.16. The van der Waals surface area contributed by atoms with Crippen molar-refractivity contribution in [3.05, 3.63) is 70.1 Å². The normalized spacial score (nSPS) is 10.9. The lowest BCUT2D eigenvalue weighted by atomic mass is 10.1. The second-order valence-electron chi connectivity index (χ2n) is 7.52. The van der Waals surface area contributed by atoms with Crippen LogP contribution in [0.2, 0.25) is 0 Å². The van der Waals surface area contributed by atoms with E-state index in [0.29, 0.717) is 17.3 Å². The van der Waals surface area contributed by atoms with Gasteiger partial charge in [-0.1, -0.05) is 57.2 Å². The molecule has 3 aromatic rings. The van der Waals surface area contributed by atoms with Crippen molar-refractivity contribution in [2.45, 2.75) is 33.7 Å². The second kappa shape index (κ2) is 9.35. The number of amides is 2. The van der Waals surface area contributed by atoms with Crippen LogP contribution in [0.1, 0.15) is 36.8 Å². The predicted octanol–water partition coefficient (Wildman–Crippen LogP) is 2.98. The first-order chi connectivity index (χ1) is 14.4. The summed E-state index contributed by atoms with van der Waals surface area (Å²) in [6.07, 6.45) is 0.788. The molecule has 0 unspecified atom stereocenters. The molecule has 0 spiro atoms. The average molecular weight is 406 g/mol. The van der Waals surface area contributed by atoms with Gasteiger partial charge in [0.15, 0.2) is 5.69 Å². The molecule has 2 amide bonds. The Balaban J connectivity index is 1.80. The minimum Gasteiger partial charge on any atom is -0.342 e. The van der Waals surface area contributed by atoms with Crippen molar-refractivity contribution in [3.63, 3.8) is 0 Å². The molecular formula is C23H26N4O3. The van der Waals surface area contributed by atoms with Crippen LogP contribution in [0.5, 0.6) is 0 Å². The molecule has 1 heterocycles. The van der Waals surface area contributed by atoms with Gasteiger partial charge < -0.3 is 10.6 Å². The Morgan fingerprint density at radius 3 is 2.40 bits per heavy atom. The number of hydrogen-bond donors (Lipinski definition) is 2. The standard InChI is InChI=1S/C23H26N4O3/c1-4-16-9-5-8-12-19(16)25-20(28)13-24-22(29)21-17-10-6-7-11-18(17)23(30)27(26-21)14-15(2)3/h5-12,15H,4,13-14H2,1-3H3,(H,24,29)(H,25,28). The molecule has 0 saturated carbocycles. The Hall–Kier alpha value is -3.48. The molecule has 0 saturated heterocycles. The summed E-state index contributed by atoms with van der Waals surface area (Å²) in [7, 11) is 0. The van der Waals surface area contributed by atoms with Crippen LogP contribution in [0.25, 0.3) is 10.8 Å². The molecule has 0 radical (unpaired) electrons. The molecule has 2 N–H and O–H groups in total. The summed E-state index contributed by atoms with van der Waals surface area (Å²) in [6, 6.07) is 14.4. The van der Waals surface area contributed by atoms with Crippen molar-refractivity contribution in [1.82, 2.24) is 15.1 Å². The number of aryl methyl sites for hydroxylation is 1. The van der Waals surface area contributed by atoms with Gasteiger partial charge in [0.05, 0.1) is 11.9 Å². The molecule has 0 atom stereocenters. The minimum absolute atomic E-state index is 0.132. The van der Waals surface area contributed by atoms with Crippen molar-refractivity contribution in [1.29, 1.82) is 0 Å². The first-order valence-electron chi connectivity index (χ1n) is 10.1. The van der Waals surface area contributed by atoms with Crippen LogP contribution in [-0.2, 0) is 17.8 Å². The number of anilines is 1. The highest BCUT2D eigenvalue weighted by Gasteiger charge is 2.18. The number of carbonyl (C=O) groups is 2. The highest BCUT2D eigenvalue weighted by atomic mass is 16.2. The number of fused-ring (bicyclic) bond motifs is 1.